The van der Waals surface area contributed by atoms with E-state index in [1.54, 1.807) is 6.92 Å². The summed E-state index contributed by atoms with van der Waals surface area (Å²) in [5.41, 5.74) is 4.01. The number of aliphatic carboxylic acids is 1. The molecule has 3 nitrogen and oxygen atoms in total. The molecule has 2 aromatic rings. The number of hydrogen-bond acceptors (Lipinski definition) is 2. The van der Waals surface area contributed by atoms with E-state index in [9.17, 15) is 9.90 Å². The molecule has 2 aromatic carbocycles. The number of ether oxygens (including phenoxy) is 1. The normalized spacial score (nSPS) is 14.3. The van der Waals surface area contributed by atoms with Gasteiger partial charge in [-0.25, -0.2) is 4.79 Å². The number of fused-ring (bicyclic) bond motifs is 2. The minimum atomic E-state index is -0.862. The highest BCUT2D eigenvalue weighted by Crippen LogP contribution is 2.41. The van der Waals surface area contributed by atoms with Gasteiger partial charge in [0, 0.05) is 11.0 Å². The number of unbranched alkanes of at least 4 members (excludes halogenated alkanes) is 2. The molecule has 26 heavy (non-hydrogen) atoms. The Labute approximate surface area is 155 Å². The van der Waals surface area contributed by atoms with E-state index in [1.165, 1.54) is 24.0 Å². The summed E-state index contributed by atoms with van der Waals surface area (Å²) in [5, 5.41) is 11.5. The largest absolute Gasteiger partial charge is 0.493 e. The molecule has 1 N–H and O–H groups in total. The summed E-state index contributed by atoms with van der Waals surface area (Å²) in [4.78, 5) is 11.4. The fraction of sp³-hybridized carbons (Fsp3) is 0.435. The standard InChI is InChI=1S/C23H28O3/c1-3-4-9-14-26-22-19-12-7-5-10-17(19)21(15-16(2)23(24)25)18-11-6-8-13-20(18)22/h5,7,10,12,15H,3-4,6,8-9,11,13-14H2,1-2H3,(H,24,25). The Morgan fingerprint density at radius 1 is 1.12 bits per heavy atom. The summed E-state index contributed by atoms with van der Waals surface area (Å²) in [7, 11) is 0. The number of rotatable bonds is 7. The maximum Gasteiger partial charge on any atom is 0.331 e. The molecule has 1 aliphatic carbocycles. The Morgan fingerprint density at radius 2 is 1.81 bits per heavy atom. The van der Waals surface area contributed by atoms with E-state index in [-0.39, 0.29) is 0 Å². The van der Waals surface area contributed by atoms with Gasteiger partial charge < -0.3 is 9.84 Å². The zero-order valence-electron chi connectivity index (χ0n) is 15.8. The summed E-state index contributed by atoms with van der Waals surface area (Å²) in [6.07, 6.45) is 9.58. The van der Waals surface area contributed by atoms with Crippen molar-refractivity contribution in [3.8, 4) is 5.75 Å². The number of carboxylic acid groups (broad SMARTS) is 1. The van der Waals surface area contributed by atoms with Gasteiger partial charge in [0.1, 0.15) is 5.75 Å². The van der Waals surface area contributed by atoms with Crippen LogP contribution in [0.15, 0.2) is 29.8 Å². The fourth-order valence-electron chi connectivity index (χ4n) is 3.83. The van der Waals surface area contributed by atoms with Crippen LogP contribution in [-0.4, -0.2) is 17.7 Å². The average Bonchev–Trinajstić information content (AvgIpc) is 2.66. The van der Waals surface area contributed by atoms with Gasteiger partial charge >= 0.3 is 5.97 Å². The van der Waals surface area contributed by atoms with Gasteiger partial charge in [-0.3, -0.25) is 0 Å². The van der Waals surface area contributed by atoms with Crippen molar-refractivity contribution in [3.05, 3.63) is 46.5 Å². The highest BCUT2D eigenvalue weighted by atomic mass is 16.5. The smallest absolute Gasteiger partial charge is 0.331 e. The van der Waals surface area contributed by atoms with Gasteiger partial charge in [0.05, 0.1) is 6.61 Å². The van der Waals surface area contributed by atoms with Gasteiger partial charge in [-0.2, -0.15) is 0 Å². The second-order valence-corrected chi connectivity index (χ2v) is 7.14. The molecular formula is C23H28O3. The number of hydrogen-bond donors (Lipinski definition) is 1. The summed E-state index contributed by atoms with van der Waals surface area (Å²) in [5.74, 6) is 0.162. The summed E-state index contributed by atoms with van der Waals surface area (Å²) in [6.45, 7) is 4.61. The number of benzene rings is 2. The van der Waals surface area contributed by atoms with Gasteiger partial charge in [-0.15, -0.1) is 0 Å². The van der Waals surface area contributed by atoms with Crippen LogP contribution >= 0.6 is 0 Å². The molecule has 0 unspecified atom stereocenters. The third-order valence-electron chi connectivity index (χ3n) is 5.22. The molecule has 0 saturated heterocycles. The van der Waals surface area contributed by atoms with E-state index in [2.05, 4.69) is 19.1 Å². The second kappa shape index (κ2) is 8.39. The Bertz CT molecular complexity index is 833. The second-order valence-electron chi connectivity index (χ2n) is 7.14. The maximum absolute atomic E-state index is 11.4. The first-order valence-electron chi connectivity index (χ1n) is 9.74. The lowest BCUT2D eigenvalue weighted by atomic mass is 9.83. The van der Waals surface area contributed by atoms with Crippen molar-refractivity contribution in [2.45, 2.75) is 58.8 Å². The Morgan fingerprint density at radius 3 is 2.50 bits per heavy atom. The van der Waals surface area contributed by atoms with E-state index < -0.39 is 5.97 Å². The van der Waals surface area contributed by atoms with Crippen LogP contribution in [0.1, 0.15) is 62.6 Å². The lowest BCUT2D eigenvalue weighted by molar-refractivity contribution is -0.132. The van der Waals surface area contributed by atoms with Crippen molar-refractivity contribution in [3.63, 3.8) is 0 Å². The number of carboxylic acids is 1. The van der Waals surface area contributed by atoms with Gasteiger partial charge in [-0.05, 0) is 67.2 Å². The van der Waals surface area contributed by atoms with Crippen molar-refractivity contribution in [1.82, 2.24) is 0 Å². The molecule has 0 spiro atoms. The lowest BCUT2D eigenvalue weighted by Gasteiger charge is -2.25. The maximum atomic E-state index is 11.4. The Hall–Kier alpha value is -2.29. The predicted octanol–water partition coefficient (Wildman–Crippen LogP) is 5.78. The molecular weight excluding hydrogens is 324 g/mol. The molecule has 0 amide bonds. The fourth-order valence-corrected chi connectivity index (χ4v) is 3.83. The van der Waals surface area contributed by atoms with Crippen LogP contribution in [-0.2, 0) is 17.6 Å². The summed E-state index contributed by atoms with van der Waals surface area (Å²) >= 11 is 0. The molecule has 0 atom stereocenters. The molecule has 0 fully saturated rings. The van der Waals surface area contributed by atoms with Crippen molar-refractivity contribution >= 4 is 22.8 Å². The van der Waals surface area contributed by atoms with Crippen LogP contribution < -0.4 is 4.74 Å². The first-order valence-corrected chi connectivity index (χ1v) is 9.74. The van der Waals surface area contributed by atoms with E-state index in [0.717, 1.165) is 60.8 Å². The predicted molar refractivity (Wildman–Crippen MR) is 107 cm³/mol. The monoisotopic (exact) mass is 352 g/mol. The van der Waals surface area contributed by atoms with Crippen molar-refractivity contribution in [2.24, 2.45) is 0 Å². The zero-order valence-corrected chi connectivity index (χ0v) is 15.8. The quantitative estimate of drug-likeness (QED) is 0.508. The Balaban J connectivity index is 2.16. The van der Waals surface area contributed by atoms with Crippen LogP contribution in [0.3, 0.4) is 0 Å². The van der Waals surface area contributed by atoms with Gasteiger partial charge in [-0.1, -0.05) is 44.0 Å². The van der Waals surface area contributed by atoms with Crippen LogP contribution in [0.4, 0.5) is 0 Å². The third kappa shape index (κ3) is 3.77. The molecule has 0 radical (unpaired) electrons. The highest BCUT2D eigenvalue weighted by Gasteiger charge is 2.22. The topological polar surface area (TPSA) is 46.5 Å². The summed E-state index contributed by atoms with van der Waals surface area (Å²) < 4.78 is 6.29. The molecule has 3 heteroatoms. The molecule has 0 saturated carbocycles. The molecule has 0 aliphatic heterocycles. The van der Waals surface area contributed by atoms with Crippen molar-refractivity contribution < 1.29 is 14.6 Å². The Kier molecular flexibility index (Phi) is 5.97. The highest BCUT2D eigenvalue weighted by molar-refractivity contribution is 6.01. The molecule has 1 aliphatic rings. The first-order chi connectivity index (χ1) is 12.6. The van der Waals surface area contributed by atoms with E-state index in [1.807, 2.05) is 18.2 Å². The van der Waals surface area contributed by atoms with E-state index in [0.29, 0.717) is 5.57 Å². The van der Waals surface area contributed by atoms with Crippen LogP contribution in [0, 0.1) is 0 Å². The van der Waals surface area contributed by atoms with Gasteiger partial charge in [0.2, 0.25) is 0 Å². The molecule has 0 aromatic heterocycles. The molecule has 138 valence electrons. The van der Waals surface area contributed by atoms with Gasteiger partial charge in [0.25, 0.3) is 0 Å². The van der Waals surface area contributed by atoms with Gasteiger partial charge in [0.15, 0.2) is 0 Å². The molecule has 3 rings (SSSR count). The van der Waals surface area contributed by atoms with E-state index in [4.69, 9.17) is 4.74 Å². The number of carbonyl (C=O) groups is 1. The summed E-state index contributed by atoms with van der Waals surface area (Å²) in [6, 6.07) is 8.25. The van der Waals surface area contributed by atoms with Crippen LogP contribution in [0.25, 0.3) is 16.8 Å². The van der Waals surface area contributed by atoms with Crippen LogP contribution in [0.2, 0.25) is 0 Å². The SMILES string of the molecule is CCCCCOc1c2c(c(C=C(C)C(=O)O)c3ccccc13)CCCC2. The molecule has 0 heterocycles. The van der Waals surface area contributed by atoms with Crippen LogP contribution in [0.5, 0.6) is 5.75 Å². The zero-order chi connectivity index (χ0) is 18.5. The van der Waals surface area contributed by atoms with Crippen molar-refractivity contribution in [1.29, 1.82) is 0 Å². The third-order valence-corrected chi connectivity index (χ3v) is 5.22. The molecule has 0 bridgehead atoms. The van der Waals surface area contributed by atoms with Crippen molar-refractivity contribution in [2.75, 3.05) is 6.61 Å². The van der Waals surface area contributed by atoms with E-state index >= 15 is 0 Å². The first kappa shape index (κ1) is 18.5. The average molecular weight is 352 g/mol. The minimum absolute atomic E-state index is 0.375. The minimum Gasteiger partial charge on any atom is -0.493 e. The lowest BCUT2D eigenvalue weighted by Crippen LogP contribution is -2.10.